The minimum absolute atomic E-state index is 0.250. The molecule has 0 atom stereocenters. The van der Waals surface area contributed by atoms with Crippen LogP contribution in [0.2, 0.25) is 5.02 Å². The van der Waals surface area contributed by atoms with E-state index in [-0.39, 0.29) is 21.9 Å². The predicted octanol–water partition coefficient (Wildman–Crippen LogP) is 5.35. The molecule has 0 N–H and O–H groups in total. The van der Waals surface area contributed by atoms with E-state index in [0.29, 0.717) is 5.56 Å². The van der Waals surface area contributed by atoms with Crippen LogP contribution in [0, 0.1) is 12.7 Å². The van der Waals surface area contributed by atoms with Crippen LogP contribution in [0.25, 0.3) is 11.1 Å². The lowest BCUT2D eigenvalue weighted by Gasteiger charge is -2.12. The van der Waals surface area contributed by atoms with Gasteiger partial charge in [-0.3, -0.25) is 0 Å². The van der Waals surface area contributed by atoms with Crippen molar-refractivity contribution in [3.63, 3.8) is 0 Å². The molecular weight excluding hydrogens is 296 g/mol. The Morgan fingerprint density at radius 1 is 1.05 bits per heavy atom. The van der Waals surface area contributed by atoms with Gasteiger partial charge in [-0.05, 0) is 48.4 Å². The quantitative estimate of drug-likeness (QED) is 0.679. The zero-order valence-electron chi connectivity index (χ0n) is 10.3. The first-order valence-electron chi connectivity index (χ1n) is 5.58. The second-order valence-corrected chi connectivity index (χ2v) is 4.59. The number of rotatable bonds is 2. The zero-order chi connectivity index (χ0) is 14.9. The average molecular weight is 305 g/mol. The third kappa shape index (κ3) is 3.42. The summed E-state index contributed by atoms with van der Waals surface area (Å²) in [5.41, 5.74) is 0.969. The van der Waals surface area contributed by atoms with Gasteiger partial charge in [0.1, 0.15) is 11.6 Å². The summed E-state index contributed by atoms with van der Waals surface area (Å²) >= 11 is 5.65. The Morgan fingerprint density at radius 3 is 2.30 bits per heavy atom. The monoisotopic (exact) mass is 304 g/mol. The van der Waals surface area contributed by atoms with Crippen molar-refractivity contribution in [2.45, 2.75) is 13.3 Å². The molecule has 1 nitrogen and oxygen atoms in total. The summed E-state index contributed by atoms with van der Waals surface area (Å²) in [5, 5.41) is 0.250. The van der Waals surface area contributed by atoms with Gasteiger partial charge < -0.3 is 4.74 Å². The SMILES string of the molecule is Cc1cc(-c2ccc(Cl)cc2F)ccc1OC(F)(F)F. The van der Waals surface area contributed by atoms with Crippen LogP contribution in [0.3, 0.4) is 0 Å². The molecule has 106 valence electrons. The van der Waals surface area contributed by atoms with Crippen LogP contribution < -0.4 is 4.74 Å². The Labute approximate surface area is 117 Å². The molecule has 0 spiro atoms. The molecule has 0 fully saturated rings. The summed E-state index contributed by atoms with van der Waals surface area (Å²) < 4.78 is 54.1. The zero-order valence-corrected chi connectivity index (χ0v) is 11.0. The van der Waals surface area contributed by atoms with Crippen LogP contribution >= 0.6 is 11.6 Å². The second kappa shape index (κ2) is 5.32. The Morgan fingerprint density at radius 2 is 1.75 bits per heavy atom. The van der Waals surface area contributed by atoms with Crippen LogP contribution in [0.4, 0.5) is 17.6 Å². The number of ether oxygens (including phenoxy) is 1. The number of hydrogen-bond acceptors (Lipinski definition) is 1. The Kier molecular flexibility index (Phi) is 3.90. The van der Waals surface area contributed by atoms with Crippen molar-refractivity contribution in [3.8, 4) is 16.9 Å². The first-order chi connectivity index (χ1) is 9.26. The van der Waals surface area contributed by atoms with Gasteiger partial charge in [0, 0.05) is 10.6 Å². The highest BCUT2D eigenvalue weighted by atomic mass is 35.5. The van der Waals surface area contributed by atoms with Gasteiger partial charge in [-0.2, -0.15) is 0 Å². The van der Waals surface area contributed by atoms with Gasteiger partial charge in [-0.15, -0.1) is 13.2 Å². The Hall–Kier alpha value is -1.75. The average Bonchev–Trinajstić information content (AvgIpc) is 2.30. The van der Waals surface area contributed by atoms with Crippen molar-refractivity contribution in [3.05, 3.63) is 52.8 Å². The first kappa shape index (κ1) is 14.7. The minimum Gasteiger partial charge on any atom is -0.406 e. The molecule has 2 aromatic carbocycles. The van der Waals surface area contributed by atoms with Crippen LogP contribution in [-0.4, -0.2) is 6.36 Å². The topological polar surface area (TPSA) is 9.23 Å². The van der Waals surface area contributed by atoms with Crippen molar-refractivity contribution in [2.75, 3.05) is 0 Å². The van der Waals surface area contributed by atoms with Crippen LogP contribution in [-0.2, 0) is 0 Å². The van der Waals surface area contributed by atoms with E-state index in [9.17, 15) is 17.6 Å². The molecule has 0 amide bonds. The molecule has 2 rings (SSSR count). The van der Waals surface area contributed by atoms with E-state index in [1.165, 1.54) is 31.2 Å². The van der Waals surface area contributed by atoms with Crippen LogP contribution in [0.15, 0.2) is 36.4 Å². The molecule has 0 radical (unpaired) electrons. The summed E-state index contributed by atoms with van der Waals surface area (Å²) in [6, 6.07) is 8.07. The highest BCUT2D eigenvalue weighted by Crippen LogP contribution is 2.31. The smallest absolute Gasteiger partial charge is 0.406 e. The van der Waals surface area contributed by atoms with Gasteiger partial charge in [-0.25, -0.2) is 4.39 Å². The third-order valence-electron chi connectivity index (χ3n) is 2.64. The third-order valence-corrected chi connectivity index (χ3v) is 2.88. The molecule has 0 bridgehead atoms. The van der Waals surface area contributed by atoms with Gasteiger partial charge in [0.05, 0.1) is 0 Å². The van der Waals surface area contributed by atoms with E-state index in [2.05, 4.69) is 4.74 Å². The maximum Gasteiger partial charge on any atom is 0.573 e. The molecule has 0 aromatic heterocycles. The van der Waals surface area contributed by atoms with Crippen molar-refractivity contribution >= 4 is 11.6 Å². The molecule has 0 unspecified atom stereocenters. The molecule has 0 aliphatic rings. The van der Waals surface area contributed by atoms with Crippen LogP contribution in [0.1, 0.15) is 5.56 Å². The Bertz CT molecular complexity index is 638. The molecule has 6 heteroatoms. The largest absolute Gasteiger partial charge is 0.573 e. The Balaban J connectivity index is 2.38. The summed E-state index contributed by atoms with van der Waals surface area (Å²) in [4.78, 5) is 0. The highest BCUT2D eigenvalue weighted by molar-refractivity contribution is 6.30. The standard InChI is InChI=1S/C14H9ClF4O/c1-8-6-9(2-5-13(8)20-14(17,18)19)11-4-3-10(15)7-12(11)16/h2-7H,1H3. The molecule has 2 aromatic rings. The van der Waals surface area contributed by atoms with Crippen LogP contribution in [0.5, 0.6) is 5.75 Å². The fraction of sp³-hybridized carbons (Fsp3) is 0.143. The molecule has 0 saturated heterocycles. The minimum atomic E-state index is -4.75. The van der Waals surface area contributed by atoms with Gasteiger partial charge >= 0.3 is 6.36 Å². The number of hydrogen-bond donors (Lipinski definition) is 0. The molecule has 0 heterocycles. The summed E-state index contributed by atoms with van der Waals surface area (Å²) in [5.74, 6) is -0.850. The van der Waals surface area contributed by atoms with Crippen molar-refractivity contribution in [2.24, 2.45) is 0 Å². The van der Waals surface area contributed by atoms with Gasteiger partial charge in [-0.1, -0.05) is 17.7 Å². The number of benzene rings is 2. The van der Waals surface area contributed by atoms with Gasteiger partial charge in [0.15, 0.2) is 0 Å². The lowest BCUT2D eigenvalue weighted by atomic mass is 10.0. The van der Waals surface area contributed by atoms with Crippen molar-refractivity contribution in [1.29, 1.82) is 0 Å². The number of halogens is 5. The van der Waals surface area contributed by atoms with E-state index in [0.717, 1.165) is 12.1 Å². The second-order valence-electron chi connectivity index (χ2n) is 4.15. The molecule has 0 aliphatic carbocycles. The number of aryl methyl sites for hydroxylation is 1. The fourth-order valence-corrected chi connectivity index (χ4v) is 1.94. The van der Waals surface area contributed by atoms with Gasteiger partial charge in [0.25, 0.3) is 0 Å². The highest BCUT2D eigenvalue weighted by Gasteiger charge is 2.31. The van der Waals surface area contributed by atoms with Gasteiger partial charge in [0.2, 0.25) is 0 Å². The lowest BCUT2D eigenvalue weighted by molar-refractivity contribution is -0.274. The van der Waals surface area contributed by atoms with E-state index in [1.54, 1.807) is 0 Å². The maximum absolute atomic E-state index is 13.7. The molecule has 0 aliphatic heterocycles. The molecule has 0 saturated carbocycles. The normalized spacial score (nSPS) is 11.5. The van der Waals surface area contributed by atoms with E-state index in [4.69, 9.17) is 11.6 Å². The van der Waals surface area contributed by atoms with Crippen molar-refractivity contribution < 1.29 is 22.3 Å². The fourth-order valence-electron chi connectivity index (χ4n) is 1.78. The molecular formula is C14H9ClF4O. The predicted molar refractivity (Wildman–Crippen MR) is 68.3 cm³/mol. The summed E-state index contributed by atoms with van der Waals surface area (Å²) in [6.45, 7) is 1.46. The molecule has 20 heavy (non-hydrogen) atoms. The first-order valence-corrected chi connectivity index (χ1v) is 5.96. The van der Waals surface area contributed by atoms with E-state index in [1.807, 2.05) is 0 Å². The van der Waals surface area contributed by atoms with Crippen molar-refractivity contribution in [1.82, 2.24) is 0 Å². The van der Waals surface area contributed by atoms with E-state index >= 15 is 0 Å². The van der Waals surface area contributed by atoms with E-state index < -0.39 is 12.2 Å². The summed E-state index contributed by atoms with van der Waals surface area (Å²) in [6.07, 6.45) is -4.75. The maximum atomic E-state index is 13.7. The number of alkyl halides is 3. The summed E-state index contributed by atoms with van der Waals surface area (Å²) in [7, 11) is 0. The lowest BCUT2D eigenvalue weighted by Crippen LogP contribution is -2.17.